The van der Waals surface area contributed by atoms with E-state index < -0.39 is 20.0 Å². The fourth-order valence-electron chi connectivity index (χ4n) is 4.32. The Labute approximate surface area is 264 Å². The Morgan fingerprint density at radius 1 is 0.435 bits per heavy atom. The molecular formula is C32H26N6O6S2. The third kappa shape index (κ3) is 7.57. The Kier molecular flexibility index (Phi) is 9.16. The van der Waals surface area contributed by atoms with Crippen molar-refractivity contribution >= 4 is 64.3 Å². The molecule has 0 aliphatic carbocycles. The Bertz CT molecular complexity index is 2160. The number of phenolic OH excluding ortho intramolecular Hbond substituents is 2. The molecule has 0 saturated carbocycles. The highest BCUT2D eigenvalue weighted by molar-refractivity contribution is 7.89. The van der Waals surface area contributed by atoms with E-state index in [0.29, 0.717) is 22.7 Å². The lowest BCUT2D eigenvalue weighted by molar-refractivity contribution is 0.476. The lowest BCUT2D eigenvalue weighted by Gasteiger charge is -2.03. The Morgan fingerprint density at radius 2 is 0.783 bits per heavy atom. The predicted octanol–water partition coefficient (Wildman–Crippen LogP) is 7.22. The van der Waals surface area contributed by atoms with E-state index >= 15 is 0 Å². The van der Waals surface area contributed by atoms with Crippen molar-refractivity contribution in [3.8, 4) is 11.5 Å². The van der Waals surface area contributed by atoms with Gasteiger partial charge in [0.1, 0.15) is 22.9 Å². The van der Waals surface area contributed by atoms with Crippen molar-refractivity contribution in [2.24, 2.45) is 30.7 Å². The number of hydrogen-bond donors (Lipinski definition) is 4. The Morgan fingerprint density at radius 3 is 1.13 bits per heavy atom. The maximum absolute atomic E-state index is 11.2. The highest BCUT2D eigenvalue weighted by Crippen LogP contribution is 2.37. The van der Waals surface area contributed by atoms with E-state index in [1.807, 2.05) is 48.5 Å². The summed E-state index contributed by atoms with van der Waals surface area (Å²) >= 11 is 0. The van der Waals surface area contributed by atoms with Crippen LogP contribution in [0.1, 0.15) is 0 Å². The van der Waals surface area contributed by atoms with Crippen LogP contribution in [0.4, 0.5) is 22.7 Å². The molecule has 0 atom stereocenters. The van der Waals surface area contributed by atoms with Gasteiger partial charge in [0.2, 0.25) is 20.0 Å². The topological polar surface area (TPSA) is 210 Å². The lowest BCUT2D eigenvalue weighted by atomic mass is 10.1. The largest absolute Gasteiger partial charge is 0.506 e. The molecule has 12 nitrogen and oxygen atoms in total. The van der Waals surface area contributed by atoms with E-state index in [2.05, 4.69) is 20.5 Å². The summed E-state index contributed by atoms with van der Waals surface area (Å²) < 4.78 is 44.8. The second-order valence-corrected chi connectivity index (χ2v) is 12.9. The number of fused-ring (bicyclic) bond motifs is 2. The number of nitrogens with two attached hydrogens (primary N) is 2. The maximum atomic E-state index is 11.2. The second kappa shape index (κ2) is 13.2. The first-order valence-electron chi connectivity index (χ1n) is 13.4. The van der Waals surface area contributed by atoms with Crippen molar-refractivity contribution in [3.63, 3.8) is 0 Å². The third-order valence-electron chi connectivity index (χ3n) is 6.62. The molecule has 0 heterocycles. The normalized spacial score (nSPS) is 12.0. The number of rotatable bonds is 6. The highest BCUT2D eigenvalue weighted by atomic mass is 32.2. The summed E-state index contributed by atoms with van der Waals surface area (Å²) in [6.07, 6.45) is 0. The van der Waals surface area contributed by atoms with Crippen LogP contribution in [-0.4, -0.2) is 27.0 Å². The van der Waals surface area contributed by atoms with Crippen LogP contribution in [0.15, 0.2) is 152 Å². The fraction of sp³-hybridized carbons (Fsp3) is 0. The minimum Gasteiger partial charge on any atom is -0.506 e. The predicted molar refractivity (Wildman–Crippen MR) is 175 cm³/mol. The molecule has 0 aliphatic rings. The molecule has 6 rings (SSSR count). The number of phenols is 2. The number of azo groups is 2. The van der Waals surface area contributed by atoms with E-state index in [4.69, 9.17) is 10.3 Å². The van der Waals surface area contributed by atoms with E-state index in [1.54, 1.807) is 24.3 Å². The van der Waals surface area contributed by atoms with Crippen LogP contribution in [0, 0.1) is 0 Å². The van der Waals surface area contributed by atoms with Crippen LogP contribution >= 0.6 is 0 Å². The minimum absolute atomic E-state index is 0.00413. The van der Waals surface area contributed by atoms with Crippen LogP contribution in [-0.2, 0) is 20.0 Å². The summed E-state index contributed by atoms with van der Waals surface area (Å²) in [6.45, 7) is 0. The molecule has 6 N–H and O–H groups in total. The first kappa shape index (κ1) is 31.9. The molecule has 0 unspecified atom stereocenters. The van der Waals surface area contributed by atoms with Crippen molar-refractivity contribution in [3.05, 3.63) is 121 Å². The van der Waals surface area contributed by atoms with Crippen LogP contribution in [0.25, 0.3) is 21.5 Å². The minimum atomic E-state index is -3.73. The van der Waals surface area contributed by atoms with Crippen molar-refractivity contribution in [1.29, 1.82) is 0 Å². The van der Waals surface area contributed by atoms with E-state index in [0.717, 1.165) is 21.5 Å². The van der Waals surface area contributed by atoms with Crippen molar-refractivity contribution < 1.29 is 27.0 Å². The molecule has 0 aromatic heterocycles. The zero-order chi connectivity index (χ0) is 32.9. The van der Waals surface area contributed by atoms with E-state index in [9.17, 15) is 27.0 Å². The van der Waals surface area contributed by atoms with Crippen molar-refractivity contribution in [2.75, 3.05) is 0 Å². The number of sulfonamides is 2. The van der Waals surface area contributed by atoms with Gasteiger partial charge in [0.05, 0.1) is 21.2 Å². The number of hydrogen-bond acceptors (Lipinski definition) is 10. The van der Waals surface area contributed by atoms with Crippen molar-refractivity contribution in [2.45, 2.75) is 9.79 Å². The Hall–Kier alpha value is -5.54. The molecule has 0 fully saturated rings. The first-order valence-corrected chi connectivity index (χ1v) is 16.5. The molecule has 232 valence electrons. The van der Waals surface area contributed by atoms with E-state index in [-0.39, 0.29) is 21.3 Å². The summed E-state index contributed by atoms with van der Waals surface area (Å²) in [5.74, 6) is 0.0437. The monoisotopic (exact) mass is 654 g/mol. The number of benzene rings is 6. The quantitative estimate of drug-likeness (QED) is 0.136. The molecule has 0 amide bonds. The lowest BCUT2D eigenvalue weighted by Crippen LogP contribution is -2.11. The first-order chi connectivity index (χ1) is 21.9. The Balaban J connectivity index is 0.000000181. The second-order valence-electron chi connectivity index (χ2n) is 9.79. The molecule has 0 aliphatic heterocycles. The van der Waals surface area contributed by atoms with Gasteiger partial charge in [-0.05, 0) is 71.4 Å². The van der Waals surface area contributed by atoms with Gasteiger partial charge in [0, 0.05) is 10.8 Å². The summed E-state index contributed by atoms with van der Waals surface area (Å²) in [7, 11) is -7.47. The molecule has 0 spiro atoms. The zero-order valence-electron chi connectivity index (χ0n) is 23.8. The number of primary sulfonamides is 2. The van der Waals surface area contributed by atoms with Crippen LogP contribution < -0.4 is 10.3 Å². The molecule has 0 radical (unpaired) electrons. The van der Waals surface area contributed by atoms with Gasteiger partial charge < -0.3 is 10.2 Å². The zero-order valence-corrected chi connectivity index (χ0v) is 25.5. The van der Waals surface area contributed by atoms with Gasteiger partial charge >= 0.3 is 0 Å². The van der Waals surface area contributed by atoms with Gasteiger partial charge in [-0.3, -0.25) is 0 Å². The summed E-state index contributed by atoms with van der Waals surface area (Å²) in [5.41, 5.74) is 1.62. The van der Waals surface area contributed by atoms with Crippen LogP contribution in [0.3, 0.4) is 0 Å². The standard InChI is InChI=1S/2C16H13N3O3S/c2*17-23(21,22)13-8-6-12(7-9-13)18-19-16-14-4-2-1-3-11(14)5-10-15(16)20/h2*1-10,20H,(H2,17,21,22). The molecule has 0 bridgehead atoms. The van der Waals surface area contributed by atoms with Crippen molar-refractivity contribution in [1.82, 2.24) is 0 Å². The van der Waals surface area contributed by atoms with Gasteiger partial charge in [-0.25, -0.2) is 27.1 Å². The number of aromatic hydroxyl groups is 2. The fourth-order valence-corrected chi connectivity index (χ4v) is 5.35. The van der Waals surface area contributed by atoms with Gasteiger partial charge in [0.25, 0.3) is 0 Å². The van der Waals surface area contributed by atoms with Gasteiger partial charge in [-0.1, -0.05) is 60.7 Å². The SMILES string of the molecule is NS(=O)(=O)c1ccc(N=Nc2c(O)ccc3ccccc23)cc1.NS(=O)(=O)c1ccc(N=Nc2c(O)ccc3ccccc23)cc1. The van der Waals surface area contributed by atoms with Gasteiger partial charge in [-0.15, -0.1) is 10.2 Å². The van der Waals surface area contributed by atoms with Gasteiger partial charge in [-0.2, -0.15) is 10.2 Å². The van der Waals surface area contributed by atoms with E-state index in [1.165, 1.54) is 48.5 Å². The average molecular weight is 655 g/mol. The molecule has 14 heteroatoms. The molecule has 0 saturated heterocycles. The smallest absolute Gasteiger partial charge is 0.238 e. The van der Waals surface area contributed by atoms with Crippen LogP contribution in [0.2, 0.25) is 0 Å². The molecular weight excluding hydrogens is 629 g/mol. The molecule has 6 aromatic rings. The maximum Gasteiger partial charge on any atom is 0.238 e. The summed E-state index contributed by atoms with van der Waals surface area (Å²) in [5, 5.41) is 49.7. The summed E-state index contributed by atoms with van der Waals surface area (Å²) in [6, 6.07) is 33.1. The average Bonchev–Trinajstić information content (AvgIpc) is 3.04. The highest BCUT2D eigenvalue weighted by Gasteiger charge is 2.09. The number of nitrogens with zero attached hydrogens (tertiary/aromatic N) is 4. The van der Waals surface area contributed by atoms with Gasteiger partial charge in [0.15, 0.2) is 0 Å². The van der Waals surface area contributed by atoms with Crippen LogP contribution in [0.5, 0.6) is 11.5 Å². The summed E-state index contributed by atoms with van der Waals surface area (Å²) in [4.78, 5) is 0.00826. The molecule has 46 heavy (non-hydrogen) atoms. The third-order valence-corrected chi connectivity index (χ3v) is 8.48. The molecule has 6 aromatic carbocycles.